The van der Waals surface area contributed by atoms with Crippen LogP contribution in [0.3, 0.4) is 0 Å². The molecule has 0 aliphatic carbocycles. The molecule has 116 valence electrons. The van der Waals surface area contributed by atoms with Gasteiger partial charge in [-0.15, -0.1) is 0 Å². The van der Waals surface area contributed by atoms with E-state index in [9.17, 15) is 0 Å². The van der Waals surface area contributed by atoms with Gasteiger partial charge in [-0.2, -0.15) is 0 Å². The predicted octanol–water partition coefficient (Wildman–Crippen LogP) is 5.09. The molecule has 0 aromatic carbocycles. The van der Waals surface area contributed by atoms with Crippen LogP contribution in [0.2, 0.25) is 18.6 Å². The third kappa shape index (κ3) is 10.6. The van der Waals surface area contributed by atoms with Crippen molar-refractivity contribution < 1.29 is 4.43 Å². The van der Waals surface area contributed by atoms with Crippen molar-refractivity contribution in [2.45, 2.75) is 90.3 Å². The second-order valence-corrected chi connectivity index (χ2v) is 10.8. The van der Waals surface area contributed by atoms with E-state index in [-0.39, 0.29) is 0 Å². The van der Waals surface area contributed by atoms with E-state index < -0.39 is 8.32 Å². The van der Waals surface area contributed by atoms with Gasteiger partial charge in [0, 0.05) is 6.61 Å². The number of nitrogens with two attached hydrogens (primary N) is 1. The fourth-order valence-electron chi connectivity index (χ4n) is 2.52. The molecule has 0 fully saturated rings. The largest absolute Gasteiger partial charge is 0.417 e. The van der Waals surface area contributed by atoms with E-state index in [1.807, 2.05) is 0 Å². The van der Waals surface area contributed by atoms with Crippen molar-refractivity contribution in [2.75, 3.05) is 13.2 Å². The first-order valence-corrected chi connectivity index (χ1v) is 11.4. The van der Waals surface area contributed by atoms with Gasteiger partial charge < -0.3 is 10.2 Å². The smallest absolute Gasteiger partial charge is 0.189 e. The average molecular weight is 288 g/mol. The Bertz CT molecular complexity index is 197. The normalized spacial score (nSPS) is 13.7. The molecule has 0 amide bonds. The molecule has 0 aromatic rings. The highest BCUT2D eigenvalue weighted by atomic mass is 28.4. The van der Waals surface area contributed by atoms with Gasteiger partial charge in [-0.1, -0.05) is 58.3 Å². The van der Waals surface area contributed by atoms with Gasteiger partial charge in [-0.05, 0) is 38.5 Å². The van der Waals surface area contributed by atoms with Crippen LogP contribution < -0.4 is 5.73 Å². The third-order valence-electron chi connectivity index (χ3n) is 4.29. The van der Waals surface area contributed by atoms with Gasteiger partial charge in [-0.25, -0.2) is 0 Å². The molecule has 0 saturated heterocycles. The predicted molar refractivity (Wildman–Crippen MR) is 89.1 cm³/mol. The minimum Gasteiger partial charge on any atom is -0.417 e. The van der Waals surface area contributed by atoms with Crippen LogP contribution in [0, 0.1) is 0 Å². The molecule has 0 bridgehead atoms. The fraction of sp³-hybridized carbons (Fsp3) is 1.00. The zero-order valence-corrected chi connectivity index (χ0v) is 14.8. The fourth-order valence-corrected chi connectivity index (χ4v) is 4.45. The minimum atomic E-state index is -1.41. The molecule has 0 spiro atoms. The summed E-state index contributed by atoms with van der Waals surface area (Å²) in [5.74, 6) is 0. The first kappa shape index (κ1) is 19.1. The molecule has 0 radical (unpaired) electrons. The summed E-state index contributed by atoms with van der Waals surface area (Å²) >= 11 is 0. The van der Waals surface area contributed by atoms with Gasteiger partial charge in [0.2, 0.25) is 0 Å². The lowest BCUT2D eigenvalue weighted by molar-refractivity contribution is 0.318. The lowest BCUT2D eigenvalue weighted by Crippen LogP contribution is -2.35. The van der Waals surface area contributed by atoms with E-state index in [0.717, 1.165) is 18.7 Å². The van der Waals surface area contributed by atoms with E-state index in [2.05, 4.69) is 26.9 Å². The molecule has 0 aliphatic heterocycles. The number of hydrogen-bond donors (Lipinski definition) is 1. The van der Waals surface area contributed by atoms with Crippen molar-refractivity contribution in [1.29, 1.82) is 0 Å². The summed E-state index contributed by atoms with van der Waals surface area (Å²) in [5, 5.41) is 0. The summed E-state index contributed by atoms with van der Waals surface area (Å²) in [6, 6.07) is 0. The molecule has 2 N–H and O–H groups in total. The van der Waals surface area contributed by atoms with Crippen LogP contribution in [-0.4, -0.2) is 21.5 Å². The Hall–Kier alpha value is 0.137. The first-order chi connectivity index (χ1) is 9.04. The summed E-state index contributed by atoms with van der Waals surface area (Å²) in [6.45, 7) is 11.0. The lowest BCUT2D eigenvalue weighted by Gasteiger charge is -2.29. The molecular weight excluding hydrogens is 250 g/mol. The van der Waals surface area contributed by atoms with Crippen molar-refractivity contribution in [3.8, 4) is 0 Å². The standard InChI is InChI=1S/C16H37NOSi/c1-5-18-19(3,4)16(2)14-12-10-8-6-7-9-11-13-15-17/h16H,5-15,17H2,1-4H3. The van der Waals surface area contributed by atoms with Gasteiger partial charge in [0.05, 0.1) is 0 Å². The van der Waals surface area contributed by atoms with Crippen LogP contribution in [0.4, 0.5) is 0 Å². The molecule has 0 heterocycles. The van der Waals surface area contributed by atoms with Crippen molar-refractivity contribution >= 4 is 8.32 Å². The molecule has 1 atom stereocenters. The number of rotatable bonds is 13. The Morgan fingerprint density at radius 3 is 1.84 bits per heavy atom. The summed E-state index contributed by atoms with van der Waals surface area (Å²) in [4.78, 5) is 0. The Morgan fingerprint density at radius 1 is 0.895 bits per heavy atom. The zero-order chi connectivity index (χ0) is 14.6. The first-order valence-electron chi connectivity index (χ1n) is 8.38. The number of unbranched alkanes of at least 4 members (excludes halogenated alkanes) is 7. The van der Waals surface area contributed by atoms with E-state index >= 15 is 0 Å². The molecule has 19 heavy (non-hydrogen) atoms. The molecule has 3 heteroatoms. The topological polar surface area (TPSA) is 35.2 Å². The highest BCUT2D eigenvalue weighted by molar-refractivity contribution is 6.72. The number of hydrogen-bond acceptors (Lipinski definition) is 2. The van der Waals surface area contributed by atoms with E-state index in [1.54, 1.807) is 0 Å². The monoisotopic (exact) mass is 287 g/mol. The Morgan fingerprint density at radius 2 is 1.37 bits per heavy atom. The summed E-state index contributed by atoms with van der Waals surface area (Å²) < 4.78 is 5.95. The van der Waals surface area contributed by atoms with Crippen LogP contribution in [0.25, 0.3) is 0 Å². The molecule has 2 nitrogen and oxygen atoms in total. The maximum atomic E-state index is 5.95. The minimum absolute atomic E-state index is 0.789. The van der Waals surface area contributed by atoms with Crippen LogP contribution in [-0.2, 0) is 4.43 Å². The Balaban J connectivity index is 3.39. The summed E-state index contributed by atoms with van der Waals surface area (Å²) in [5.41, 5.74) is 6.28. The Kier molecular flexibility index (Phi) is 12.0. The van der Waals surface area contributed by atoms with Gasteiger partial charge >= 0.3 is 0 Å². The lowest BCUT2D eigenvalue weighted by atomic mass is 10.1. The van der Waals surface area contributed by atoms with Crippen molar-refractivity contribution in [3.05, 3.63) is 0 Å². The van der Waals surface area contributed by atoms with E-state index in [0.29, 0.717) is 0 Å². The molecule has 1 unspecified atom stereocenters. The van der Waals surface area contributed by atoms with E-state index in [1.165, 1.54) is 57.8 Å². The van der Waals surface area contributed by atoms with Gasteiger partial charge in [-0.3, -0.25) is 0 Å². The summed E-state index contributed by atoms with van der Waals surface area (Å²) in [6.07, 6.45) is 12.2. The summed E-state index contributed by atoms with van der Waals surface area (Å²) in [7, 11) is -1.41. The maximum absolute atomic E-state index is 5.95. The average Bonchev–Trinajstić information content (AvgIpc) is 2.36. The van der Waals surface area contributed by atoms with Gasteiger partial charge in [0.25, 0.3) is 0 Å². The van der Waals surface area contributed by atoms with Crippen molar-refractivity contribution in [2.24, 2.45) is 5.73 Å². The van der Waals surface area contributed by atoms with E-state index in [4.69, 9.17) is 10.2 Å². The second kappa shape index (κ2) is 11.9. The van der Waals surface area contributed by atoms with Crippen molar-refractivity contribution in [3.63, 3.8) is 0 Å². The SMILES string of the molecule is CCO[Si](C)(C)C(C)CCCCCCCCCCN. The van der Waals surface area contributed by atoms with Crippen LogP contribution in [0.5, 0.6) is 0 Å². The molecule has 0 aromatic heterocycles. The molecule has 0 rings (SSSR count). The quantitative estimate of drug-likeness (QED) is 0.378. The van der Waals surface area contributed by atoms with Crippen LogP contribution >= 0.6 is 0 Å². The third-order valence-corrected chi connectivity index (χ3v) is 7.99. The van der Waals surface area contributed by atoms with Gasteiger partial charge in [0.15, 0.2) is 8.32 Å². The Labute approximate surface area is 122 Å². The molecular formula is C16H37NOSi. The zero-order valence-electron chi connectivity index (χ0n) is 13.8. The molecule has 0 saturated carbocycles. The van der Waals surface area contributed by atoms with Crippen LogP contribution in [0.1, 0.15) is 71.6 Å². The van der Waals surface area contributed by atoms with Gasteiger partial charge in [0.1, 0.15) is 0 Å². The highest BCUT2D eigenvalue weighted by Gasteiger charge is 2.28. The van der Waals surface area contributed by atoms with Crippen molar-refractivity contribution in [1.82, 2.24) is 0 Å². The molecule has 0 aliphatic rings. The maximum Gasteiger partial charge on any atom is 0.189 e. The highest BCUT2D eigenvalue weighted by Crippen LogP contribution is 2.28. The van der Waals surface area contributed by atoms with Crippen LogP contribution in [0.15, 0.2) is 0 Å². The second-order valence-electron chi connectivity index (χ2n) is 6.34.